The maximum absolute atomic E-state index is 12.6. The summed E-state index contributed by atoms with van der Waals surface area (Å²) in [5, 5.41) is 4.88. The van der Waals surface area contributed by atoms with Gasteiger partial charge in [-0.1, -0.05) is 6.07 Å². The zero-order valence-electron chi connectivity index (χ0n) is 18.5. The first-order valence-electron chi connectivity index (χ1n) is 10.5. The molecule has 0 saturated carbocycles. The summed E-state index contributed by atoms with van der Waals surface area (Å²) in [6.07, 6.45) is -4.27. The number of rotatable bonds is 3. The van der Waals surface area contributed by atoms with Crippen LogP contribution in [0.1, 0.15) is 19.4 Å². The number of thiophene rings is 1. The topological polar surface area (TPSA) is 38.8 Å². The molecular formula is C22H29F3N4OS2. The van der Waals surface area contributed by atoms with E-state index < -0.39 is 11.7 Å². The Morgan fingerprint density at radius 1 is 1.03 bits per heavy atom. The molecule has 176 valence electrons. The molecule has 0 radical (unpaired) electrons. The monoisotopic (exact) mass is 486 g/mol. The molecule has 2 aliphatic heterocycles. The van der Waals surface area contributed by atoms with Crippen LogP contribution in [-0.4, -0.2) is 67.0 Å². The van der Waals surface area contributed by atoms with E-state index >= 15 is 0 Å². The summed E-state index contributed by atoms with van der Waals surface area (Å²) in [5.41, 5.74) is -0.0602. The predicted octanol–water partition coefficient (Wildman–Crippen LogP) is 4.42. The van der Waals surface area contributed by atoms with E-state index in [2.05, 4.69) is 30.9 Å². The maximum Gasteiger partial charge on any atom is 0.416 e. The molecule has 32 heavy (non-hydrogen) atoms. The molecule has 0 unspecified atom stereocenters. The summed E-state index contributed by atoms with van der Waals surface area (Å²) in [6.45, 7) is 9.02. The van der Waals surface area contributed by atoms with Crippen molar-refractivity contribution in [3.05, 3.63) is 47.3 Å². The van der Waals surface area contributed by atoms with Gasteiger partial charge in [-0.25, -0.2) is 4.31 Å². The Labute approximate surface area is 195 Å². The van der Waals surface area contributed by atoms with Gasteiger partial charge in [-0.05, 0) is 68.6 Å². The molecule has 4 rings (SSSR count). The fourth-order valence-corrected chi connectivity index (χ4v) is 5.19. The first-order valence-corrected chi connectivity index (χ1v) is 12.1. The van der Waals surface area contributed by atoms with Gasteiger partial charge in [0.05, 0.1) is 15.3 Å². The van der Waals surface area contributed by atoms with E-state index in [-0.39, 0.29) is 11.4 Å². The highest BCUT2D eigenvalue weighted by molar-refractivity contribution is 7.98. The van der Waals surface area contributed by atoms with Gasteiger partial charge < -0.3 is 10.2 Å². The molecule has 2 aliphatic rings. The fourth-order valence-electron chi connectivity index (χ4n) is 3.35. The molecule has 1 N–H and O–H groups in total. The fraction of sp³-hybridized carbons (Fsp3) is 0.500. The van der Waals surface area contributed by atoms with E-state index in [0.717, 1.165) is 57.1 Å². The lowest BCUT2D eigenvalue weighted by Crippen LogP contribution is -2.60. The molecule has 1 amide bonds. The number of benzene rings is 1. The average Bonchev–Trinajstić information content (AvgIpc) is 3.26. The summed E-state index contributed by atoms with van der Waals surface area (Å²) >= 11 is 3.47. The molecule has 2 aromatic rings. The zero-order chi connectivity index (χ0) is 23.4. The molecule has 1 aromatic heterocycles. The molecule has 0 bridgehead atoms. The molecule has 2 fully saturated rings. The second-order valence-corrected chi connectivity index (χ2v) is 10.6. The number of hydrogen-bond donors (Lipinski definition) is 1. The number of amides is 1. The van der Waals surface area contributed by atoms with Crippen molar-refractivity contribution in [3.63, 3.8) is 0 Å². The molecule has 1 aromatic carbocycles. The minimum Gasteiger partial charge on any atom is -0.369 e. The highest BCUT2D eigenvalue weighted by Gasteiger charge is 2.34. The lowest BCUT2D eigenvalue weighted by atomic mass is 10.0. The second kappa shape index (κ2) is 10.5. The van der Waals surface area contributed by atoms with Gasteiger partial charge in [-0.2, -0.15) is 13.2 Å². The van der Waals surface area contributed by atoms with Crippen LogP contribution in [0.4, 0.5) is 18.9 Å². The standard InChI is InChI=1S/C15H15F3N2S2.C7H14N2O/c16-15(17,18)12-3-5-13(6-4-12)19-7-9-20(10-8-19)22-14-2-1-11-21-14;1-7(2)6(10)8-4-5-9(7)3/h1-6,11H,7-10H2;4-5H2,1-3H3,(H,8,10). The van der Waals surface area contributed by atoms with Gasteiger partial charge in [-0.15, -0.1) is 11.3 Å². The molecule has 0 spiro atoms. The van der Waals surface area contributed by atoms with Crippen LogP contribution >= 0.6 is 23.3 Å². The van der Waals surface area contributed by atoms with Crippen molar-refractivity contribution in [2.75, 3.05) is 51.2 Å². The minimum absolute atomic E-state index is 0.126. The van der Waals surface area contributed by atoms with Gasteiger partial charge in [0.2, 0.25) is 5.91 Å². The Bertz CT molecular complexity index is 864. The van der Waals surface area contributed by atoms with Gasteiger partial charge in [0, 0.05) is 45.0 Å². The third-order valence-electron chi connectivity index (χ3n) is 5.76. The van der Waals surface area contributed by atoms with E-state index in [1.807, 2.05) is 27.0 Å². The molecule has 0 atom stereocenters. The molecule has 10 heteroatoms. The lowest BCUT2D eigenvalue weighted by molar-refractivity contribution is -0.137. The van der Waals surface area contributed by atoms with Gasteiger partial charge in [-0.3, -0.25) is 9.69 Å². The highest BCUT2D eigenvalue weighted by Crippen LogP contribution is 2.32. The summed E-state index contributed by atoms with van der Waals surface area (Å²) in [5.74, 6) is 0.126. The molecular weight excluding hydrogens is 457 g/mol. The Morgan fingerprint density at radius 3 is 2.19 bits per heavy atom. The number of anilines is 1. The normalized spacial score (nSPS) is 19.8. The van der Waals surface area contributed by atoms with Crippen LogP contribution in [0.5, 0.6) is 0 Å². The number of nitrogens with one attached hydrogen (secondary N) is 1. The van der Waals surface area contributed by atoms with E-state index in [0.29, 0.717) is 0 Å². The van der Waals surface area contributed by atoms with Crippen LogP contribution < -0.4 is 10.2 Å². The molecule has 5 nitrogen and oxygen atoms in total. The van der Waals surface area contributed by atoms with E-state index in [4.69, 9.17) is 0 Å². The Kier molecular flexibility index (Phi) is 8.13. The number of piperazine rings is 2. The third kappa shape index (κ3) is 6.40. The number of carbonyl (C=O) groups is 1. The van der Waals surface area contributed by atoms with Crippen LogP contribution in [-0.2, 0) is 11.0 Å². The Morgan fingerprint density at radius 2 is 1.69 bits per heavy atom. The van der Waals surface area contributed by atoms with Crippen molar-refractivity contribution in [1.82, 2.24) is 14.5 Å². The number of hydrogen-bond acceptors (Lipinski definition) is 6. The maximum atomic E-state index is 12.6. The van der Waals surface area contributed by atoms with E-state index in [1.165, 1.54) is 4.21 Å². The van der Waals surface area contributed by atoms with Crippen LogP contribution in [0.2, 0.25) is 0 Å². The Balaban J connectivity index is 0.000000243. The number of nitrogens with zero attached hydrogens (tertiary/aromatic N) is 3. The molecule has 0 aliphatic carbocycles. The number of carbonyl (C=O) groups excluding carboxylic acids is 1. The van der Waals surface area contributed by atoms with Gasteiger partial charge in [0.25, 0.3) is 0 Å². The lowest BCUT2D eigenvalue weighted by Gasteiger charge is -2.38. The van der Waals surface area contributed by atoms with E-state index in [9.17, 15) is 18.0 Å². The summed E-state index contributed by atoms with van der Waals surface area (Å²) < 4.78 is 41.3. The van der Waals surface area contributed by atoms with Crippen molar-refractivity contribution in [1.29, 1.82) is 0 Å². The molecule has 2 saturated heterocycles. The minimum atomic E-state index is -4.27. The van der Waals surface area contributed by atoms with Gasteiger partial charge in [0.1, 0.15) is 0 Å². The summed E-state index contributed by atoms with van der Waals surface area (Å²) in [6, 6.07) is 9.56. The Hall–Kier alpha value is -1.75. The first-order chi connectivity index (χ1) is 15.1. The zero-order valence-corrected chi connectivity index (χ0v) is 20.1. The number of halogens is 3. The number of likely N-dealkylation sites (N-methyl/N-ethyl adjacent to an activating group) is 1. The number of alkyl halides is 3. The van der Waals surface area contributed by atoms with Crippen LogP contribution in [0.15, 0.2) is 46.0 Å². The van der Waals surface area contributed by atoms with Crippen LogP contribution in [0.25, 0.3) is 0 Å². The predicted molar refractivity (Wildman–Crippen MR) is 125 cm³/mol. The molecule has 3 heterocycles. The highest BCUT2D eigenvalue weighted by atomic mass is 32.2. The quantitative estimate of drug-likeness (QED) is 0.651. The van der Waals surface area contributed by atoms with Crippen molar-refractivity contribution in [2.24, 2.45) is 0 Å². The van der Waals surface area contributed by atoms with Crippen molar-refractivity contribution >= 4 is 34.9 Å². The van der Waals surface area contributed by atoms with E-state index in [1.54, 1.807) is 35.4 Å². The summed E-state index contributed by atoms with van der Waals surface area (Å²) in [4.78, 5) is 15.4. The van der Waals surface area contributed by atoms with Gasteiger partial charge in [0.15, 0.2) is 0 Å². The summed E-state index contributed by atoms with van der Waals surface area (Å²) in [7, 11) is 1.97. The van der Waals surface area contributed by atoms with Crippen LogP contribution in [0.3, 0.4) is 0 Å². The first kappa shape index (κ1) is 24.9. The smallest absolute Gasteiger partial charge is 0.369 e. The van der Waals surface area contributed by atoms with Crippen molar-refractivity contribution < 1.29 is 18.0 Å². The third-order valence-corrected chi connectivity index (χ3v) is 7.87. The SMILES string of the molecule is CN1CCNC(=O)C1(C)C.FC(F)(F)c1ccc(N2CCN(Sc3cccs3)CC2)cc1. The van der Waals surface area contributed by atoms with Crippen molar-refractivity contribution in [3.8, 4) is 0 Å². The average molecular weight is 487 g/mol. The van der Waals surface area contributed by atoms with Crippen LogP contribution in [0, 0.1) is 0 Å². The largest absolute Gasteiger partial charge is 0.416 e. The van der Waals surface area contributed by atoms with Crippen molar-refractivity contribution in [2.45, 2.75) is 29.8 Å². The van der Waals surface area contributed by atoms with Gasteiger partial charge >= 0.3 is 6.18 Å². The second-order valence-electron chi connectivity index (χ2n) is 8.22.